The van der Waals surface area contributed by atoms with Crippen LogP contribution in [0.4, 0.5) is 0 Å². The minimum atomic E-state index is 0.647. The molecule has 0 aromatic carbocycles. The van der Waals surface area contributed by atoms with Gasteiger partial charge in [-0.25, -0.2) is 0 Å². The summed E-state index contributed by atoms with van der Waals surface area (Å²) in [6, 6.07) is 0.647. The van der Waals surface area contributed by atoms with E-state index in [-0.39, 0.29) is 0 Å². The molecule has 4 nitrogen and oxygen atoms in total. The van der Waals surface area contributed by atoms with Crippen molar-refractivity contribution in [1.29, 1.82) is 0 Å². The molecule has 0 saturated carbocycles. The van der Waals surface area contributed by atoms with Gasteiger partial charge in [-0.2, -0.15) is 0 Å². The van der Waals surface area contributed by atoms with E-state index in [0.717, 1.165) is 25.6 Å². The van der Waals surface area contributed by atoms with Crippen molar-refractivity contribution in [3.8, 4) is 0 Å². The molecule has 2 atom stereocenters. The molecule has 0 aliphatic carbocycles. The number of piperidine rings is 1. The lowest BCUT2D eigenvalue weighted by molar-refractivity contribution is 0.0129. The van der Waals surface area contributed by atoms with Gasteiger partial charge in [-0.1, -0.05) is 0 Å². The predicted molar refractivity (Wildman–Crippen MR) is 79.5 cm³/mol. The molecule has 112 valence electrons. The van der Waals surface area contributed by atoms with Crippen molar-refractivity contribution >= 4 is 0 Å². The Balaban J connectivity index is 1.72. The Morgan fingerprint density at radius 2 is 1.95 bits per heavy atom. The summed E-state index contributed by atoms with van der Waals surface area (Å²) in [5, 5.41) is 3.47. The maximum atomic E-state index is 5.66. The second kappa shape index (κ2) is 7.58. The largest absolute Gasteiger partial charge is 0.381 e. The maximum absolute atomic E-state index is 5.66. The van der Waals surface area contributed by atoms with Crippen molar-refractivity contribution in [2.75, 3.05) is 60.5 Å². The van der Waals surface area contributed by atoms with Crippen molar-refractivity contribution in [3.05, 3.63) is 0 Å². The zero-order valence-corrected chi connectivity index (χ0v) is 12.9. The summed E-state index contributed by atoms with van der Waals surface area (Å²) in [6.45, 7) is 6.85. The number of nitrogens with one attached hydrogen (secondary N) is 1. The Hall–Kier alpha value is -0.160. The molecule has 2 unspecified atom stereocenters. The highest BCUT2D eigenvalue weighted by molar-refractivity contribution is 4.83. The third-order valence-corrected chi connectivity index (χ3v) is 4.67. The van der Waals surface area contributed by atoms with E-state index < -0.39 is 0 Å². The Kier molecular flexibility index (Phi) is 6.07. The molecule has 2 aliphatic rings. The maximum Gasteiger partial charge on any atom is 0.0521 e. The van der Waals surface area contributed by atoms with E-state index in [0.29, 0.717) is 12.0 Å². The minimum Gasteiger partial charge on any atom is -0.381 e. The molecule has 2 fully saturated rings. The van der Waals surface area contributed by atoms with Gasteiger partial charge in [0.1, 0.15) is 0 Å². The number of rotatable bonds is 5. The summed E-state index contributed by atoms with van der Waals surface area (Å²) < 4.78 is 5.66. The quantitative estimate of drug-likeness (QED) is 0.802. The van der Waals surface area contributed by atoms with Crippen molar-refractivity contribution < 1.29 is 4.74 Å². The van der Waals surface area contributed by atoms with Gasteiger partial charge >= 0.3 is 0 Å². The van der Waals surface area contributed by atoms with Crippen LogP contribution in [0.25, 0.3) is 0 Å². The molecule has 0 radical (unpaired) electrons. The van der Waals surface area contributed by atoms with Gasteiger partial charge in [0, 0.05) is 31.7 Å². The van der Waals surface area contributed by atoms with E-state index in [1.54, 1.807) is 0 Å². The van der Waals surface area contributed by atoms with Crippen molar-refractivity contribution in [3.63, 3.8) is 0 Å². The van der Waals surface area contributed by atoms with Crippen molar-refractivity contribution in [2.24, 2.45) is 11.8 Å². The molecule has 2 saturated heterocycles. The van der Waals surface area contributed by atoms with Crippen LogP contribution in [0.3, 0.4) is 0 Å². The van der Waals surface area contributed by atoms with E-state index in [1.165, 1.54) is 39.0 Å². The Labute approximate surface area is 118 Å². The number of hydrogen-bond acceptors (Lipinski definition) is 4. The molecule has 0 amide bonds. The van der Waals surface area contributed by atoms with Gasteiger partial charge in [0.15, 0.2) is 0 Å². The number of likely N-dealkylation sites (tertiary alicyclic amines) is 1. The minimum absolute atomic E-state index is 0.647. The SMILES string of the molecule is CNC1CCOCC1CN1CCC(CN(C)C)CC1. The predicted octanol–water partition coefficient (Wildman–Crippen LogP) is 0.885. The van der Waals surface area contributed by atoms with Crippen molar-refractivity contribution in [2.45, 2.75) is 25.3 Å². The normalized spacial score (nSPS) is 30.9. The van der Waals surface area contributed by atoms with Crippen LogP contribution in [0, 0.1) is 11.8 Å². The summed E-state index contributed by atoms with van der Waals surface area (Å²) in [4.78, 5) is 4.97. The van der Waals surface area contributed by atoms with Crippen LogP contribution in [0.2, 0.25) is 0 Å². The van der Waals surface area contributed by atoms with Gasteiger partial charge in [0.2, 0.25) is 0 Å². The molecular weight excluding hydrogens is 238 g/mol. The third kappa shape index (κ3) is 4.71. The summed E-state index contributed by atoms with van der Waals surface area (Å²) in [6.07, 6.45) is 3.88. The van der Waals surface area contributed by atoms with Gasteiger partial charge in [0.05, 0.1) is 6.61 Å². The standard InChI is InChI=1S/C15H31N3O/c1-16-15-6-9-19-12-14(15)11-18-7-4-13(5-8-18)10-17(2)3/h13-16H,4-12H2,1-3H3. The summed E-state index contributed by atoms with van der Waals surface area (Å²) >= 11 is 0. The first-order valence-corrected chi connectivity index (χ1v) is 7.81. The smallest absolute Gasteiger partial charge is 0.0521 e. The zero-order chi connectivity index (χ0) is 13.7. The molecule has 0 spiro atoms. The zero-order valence-electron chi connectivity index (χ0n) is 12.9. The van der Waals surface area contributed by atoms with Crippen LogP contribution >= 0.6 is 0 Å². The molecule has 0 aromatic heterocycles. The first-order valence-electron chi connectivity index (χ1n) is 7.81. The molecule has 4 heteroatoms. The topological polar surface area (TPSA) is 27.7 Å². The van der Waals surface area contributed by atoms with E-state index in [4.69, 9.17) is 4.74 Å². The number of nitrogens with zero attached hydrogens (tertiary/aromatic N) is 2. The fraction of sp³-hybridized carbons (Fsp3) is 1.00. The average molecular weight is 269 g/mol. The van der Waals surface area contributed by atoms with Gasteiger partial charge in [0.25, 0.3) is 0 Å². The molecule has 2 heterocycles. The highest BCUT2D eigenvalue weighted by atomic mass is 16.5. The van der Waals surface area contributed by atoms with Crippen LogP contribution in [0.15, 0.2) is 0 Å². The fourth-order valence-electron chi connectivity index (χ4n) is 3.56. The van der Waals surface area contributed by atoms with Gasteiger partial charge in [-0.05, 0) is 59.4 Å². The summed E-state index contributed by atoms with van der Waals surface area (Å²) in [7, 11) is 6.46. The summed E-state index contributed by atoms with van der Waals surface area (Å²) in [5.74, 6) is 1.57. The summed E-state index contributed by atoms with van der Waals surface area (Å²) in [5.41, 5.74) is 0. The van der Waals surface area contributed by atoms with Crippen LogP contribution in [0.1, 0.15) is 19.3 Å². The lowest BCUT2D eigenvalue weighted by atomic mass is 9.92. The monoisotopic (exact) mass is 269 g/mol. The third-order valence-electron chi connectivity index (χ3n) is 4.67. The second-order valence-corrected chi connectivity index (χ2v) is 6.53. The first kappa shape index (κ1) is 15.2. The Bertz CT molecular complexity index is 252. The highest BCUT2D eigenvalue weighted by Crippen LogP contribution is 2.21. The second-order valence-electron chi connectivity index (χ2n) is 6.53. The first-order chi connectivity index (χ1) is 9.19. The lowest BCUT2D eigenvalue weighted by Crippen LogP contribution is -2.48. The molecule has 1 N–H and O–H groups in total. The van der Waals surface area contributed by atoms with E-state index in [1.807, 2.05) is 0 Å². The Morgan fingerprint density at radius 3 is 2.58 bits per heavy atom. The molecule has 19 heavy (non-hydrogen) atoms. The van der Waals surface area contributed by atoms with E-state index in [2.05, 4.69) is 36.3 Å². The average Bonchev–Trinajstić information content (AvgIpc) is 2.41. The van der Waals surface area contributed by atoms with Gasteiger partial charge in [-0.3, -0.25) is 0 Å². The van der Waals surface area contributed by atoms with Crippen LogP contribution < -0.4 is 5.32 Å². The van der Waals surface area contributed by atoms with Crippen LogP contribution in [-0.2, 0) is 4.74 Å². The van der Waals surface area contributed by atoms with Crippen LogP contribution in [-0.4, -0.2) is 76.4 Å². The molecule has 0 aromatic rings. The number of hydrogen-bond donors (Lipinski definition) is 1. The van der Waals surface area contributed by atoms with E-state index in [9.17, 15) is 0 Å². The van der Waals surface area contributed by atoms with Crippen LogP contribution in [0.5, 0.6) is 0 Å². The van der Waals surface area contributed by atoms with E-state index >= 15 is 0 Å². The lowest BCUT2D eigenvalue weighted by Gasteiger charge is -2.38. The van der Waals surface area contributed by atoms with Gasteiger partial charge in [-0.15, -0.1) is 0 Å². The molecule has 2 rings (SSSR count). The fourth-order valence-corrected chi connectivity index (χ4v) is 3.56. The Morgan fingerprint density at radius 1 is 1.21 bits per heavy atom. The van der Waals surface area contributed by atoms with Crippen molar-refractivity contribution in [1.82, 2.24) is 15.1 Å². The molecule has 0 bridgehead atoms. The molecule has 2 aliphatic heterocycles. The highest BCUT2D eigenvalue weighted by Gasteiger charge is 2.28. The number of ether oxygens (including phenoxy) is 1. The van der Waals surface area contributed by atoms with Gasteiger partial charge < -0.3 is 19.9 Å². The molecular formula is C15H31N3O.